The van der Waals surface area contributed by atoms with Gasteiger partial charge in [0.2, 0.25) is 0 Å². The Bertz CT molecular complexity index is 888. The number of hydrogen-bond acceptors (Lipinski definition) is 5. The highest BCUT2D eigenvalue weighted by molar-refractivity contribution is 5.95. The lowest BCUT2D eigenvalue weighted by atomic mass is 9.97. The van der Waals surface area contributed by atoms with Gasteiger partial charge in [0, 0.05) is 50.1 Å². The van der Waals surface area contributed by atoms with Crippen LogP contribution in [0.25, 0.3) is 0 Å². The second-order valence-electron chi connectivity index (χ2n) is 8.79. The van der Waals surface area contributed by atoms with Gasteiger partial charge in [-0.25, -0.2) is 0 Å². The third kappa shape index (κ3) is 5.85. The molecule has 0 saturated carbocycles. The summed E-state index contributed by atoms with van der Waals surface area (Å²) < 4.78 is 5.51. The van der Waals surface area contributed by atoms with E-state index in [2.05, 4.69) is 46.7 Å². The molecule has 6 heteroatoms. The molecule has 2 unspecified atom stereocenters. The molecule has 1 saturated heterocycles. The highest BCUT2D eigenvalue weighted by Crippen LogP contribution is 2.21. The monoisotopic (exact) mass is 423 g/mol. The van der Waals surface area contributed by atoms with E-state index in [1.54, 1.807) is 0 Å². The first-order valence-electron chi connectivity index (χ1n) is 11.3. The van der Waals surface area contributed by atoms with E-state index in [-0.39, 0.29) is 12.5 Å². The number of carbonyl (C=O) groups is 1. The molecule has 0 radical (unpaired) electrons. The van der Waals surface area contributed by atoms with Crippen LogP contribution in [-0.4, -0.2) is 60.9 Å². The molecule has 0 aromatic heterocycles. The maximum atomic E-state index is 12.6. The number of anilines is 1. The minimum Gasteiger partial charge on any atom is -0.390 e. The number of rotatable bonds is 7. The quantitative estimate of drug-likeness (QED) is 0.639. The molecule has 0 aliphatic carbocycles. The number of nitrogens with zero attached hydrogens (tertiary/aromatic N) is 1. The molecule has 166 valence electrons. The van der Waals surface area contributed by atoms with Gasteiger partial charge in [0.05, 0.1) is 12.7 Å². The zero-order valence-electron chi connectivity index (χ0n) is 18.2. The maximum absolute atomic E-state index is 12.6. The number of carbonyl (C=O) groups excluding carboxylic acids is 1. The number of aliphatic hydroxyl groups is 1. The fraction of sp³-hybridized carbons (Fsp3) is 0.480. The van der Waals surface area contributed by atoms with Crippen LogP contribution in [0.4, 0.5) is 5.69 Å². The average Bonchev–Trinajstić information content (AvgIpc) is 2.79. The van der Waals surface area contributed by atoms with E-state index in [0.717, 1.165) is 44.8 Å². The van der Waals surface area contributed by atoms with Crippen LogP contribution in [0.15, 0.2) is 48.5 Å². The predicted molar refractivity (Wildman–Crippen MR) is 122 cm³/mol. The van der Waals surface area contributed by atoms with Crippen LogP contribution >= 0.6 is 0 Å². The molecule has 2 aliphatic heterocycles. The number of ether oxygens (including phenoxy) is 1. The molecule has 4 rings (SSSR count). The maximum Gasteiger partial charge on any atom is 0.251 e. The lowest BCUT2D eigenvalue weighted by Gasteiger charge is -2.30. The molecule has 3 atom stereocenters. The Hall–Kier alpha value is -2.41. The normalized spacial score (nSPS) is 22.4. The first kappa shape index (κ1) is 21.8. The fourth-order valence-corrected chi connectivity index (χ4v) is 4.44. The Morgan fingerprint density at radius 2 is 2.06 bits per heavy atom. The zero-order chi connectivity index (χ0) is 21.6. The zero-order valence-corrected chi connectivity index (χ0v) is 18.2. The van der Waals surface area contributed by atoms with Gasteiger partial charge in [-0.2, -0.15) is 0 Å². The highest BCUT2D eigenvalue weighted by Gasteiger charge is 2.22. The van der Waals surface area contributed by atoms with Crippen molar-refractivity contribution in [2.45, 2.75) is 38.5 Å². The molecule has 2 aliphatic rings. The molecule has 1 amide bonds. The molecule has 6 nitrogen and oxygen atoms in total. The van der Waals surface area contributed by atoms with Crippen LogP contribution in [0, 0.1) is 5.92 Å². The first-order chi connectivity index (χ1) is 15.1. The van der Waals surface area contributed by atoms with Gasteiger partial charge >= 0.3 is 0 Å². The second kappa shape index (κ2) is 10.3. The van der Waals surface area contributed by atoms with E-state index >= 15 is 0 Å². The number of nitrogens with one attached hydrogen (secondary N) is 2. The SMILES string of the molecule is C[C@@H]1COCCC1Nc1cccc(C(=O)NCC(O)CN2CCc3ccccc3C2)c1. The van der Waals surface area contributed by atoms with Crippen molar-refractivity contribution in [2.75, 3.05) is 38.2 Å². The van der Waals surface area contributed by atoms with Crippen molar-refractivity contribution >= 4 is 11.6 Å². The highest BCUT2D eigenvalue weighted by atomic mass is 16.5. The summed E-state index contributed by atoms with van der Waals surface area (Å²) in [5.41, 5.74) is 4.26. The molecular weight excluding hydrogens is 390 g/mol. The van der Waals surface area contributed by atoms with Crippen molar-refractivity contribution < 1.29 is 14.6 Å². The summed E-state index contributed by atoms with van der Waals surface area (Å²) in [7, 11) is 0. The topological polar surface area (TPSA) is 73.8 Å². The van der Waals surface area contributed by atoms with E-state index < -0.39 is 6.10 Å². The van der Waals surface area contributed by atoms with Crippen LogP contribution in [0.5, 0.6) is 0 Å². The Labute approximate surface area is 184 Å². The average molecular weight is 424 g/mol. The molecule has 2 heterocycles. The molecule has 2 aromatic carbocycles. The first-order valence-corrected chi connectivity index (χ1v) is 11.3. The Balaban J connectivity index is 1.26. The van der Waals surface area contributed by atoms with Crippen LogP contribution in [-0.2, 0) is 17.7 Å². The lowest BCUT2D eigenvalue weighted by Crippen LogP contribution is -2.42. The van der Waals surface area contributed by atoms with Gasteiger partial charge in [-0.3, -0.25) is 9.69 Å². The third-order valence-corrected chi connectivity index (χ3v) is 6.29. The van der Waals surface area contributed by atoms with Crippen LogP contribution < -0.4 is 10.6 Å². The summed E-state index contributed by atoms with van der Waals surface area (Å²) in [5.74, 6) is 0.273. The number of amides is 1. The van der Waals surface area contributed by atoms with Gasteiger partial charge in [-0.05, 0) is 48.1 Å². The summed E-state index contributed by atoms with van der Waals surface area (Å²) in [4.78, 5) is 14.9. The van der Waals surface area contributed by atoms with Crippen molar-refractivity contribution in [3.63, 3.8) is 0 Å². The summed E-state index contributed by atoms with van der Waals surface area (Å²) in [6.07, 6.45) is 1.37. The minimum absolute atomic E-state index is 0.160. The van der Waals surface area contributed by atoms with E-state index in [1.165, 1.54) is 11.1 Å². The van der Waals surface area contributed by atoms with Gasteiger partial charge in [0.15, 0.2) is 0 Å². The van der Waals surface area contributed by atoms with Crippen molar-refractivity contribution in [2.24, 2.45) is 5.92 Å². The molecular formula is C25H33N3O3. The molecule has 3 N–H and O–H groups in total. The summed E-state index contributed by atoms with van der Waals surface area (Å²) in [5, 5.41) is 16.9. The third-order valence-electron chi connectivity index (χ3n) is 6.29. The van der Waals surface area contributed by atoms with Gasteiger partial charge in [-0.1, -0.05) is 37.3 Å². The minimum atomic E-state index is -0.599. The van der Waals surface area contributed by atoms with E-state index in [1.807, 2.05) is 24.3 Å². The number of β-amino-alcohol motifs (C(OH)–C–C–N with tert-alkyl or cyclic N) is 1. The predicted octanol–water partition coefficient (Wildman–Crippen LogP) is 2.67. The van der Waals surface area contributed by atoms with Crippen molar-refractivity contribution in [3.8, 4) is 0 Å². The molecule has 2 aromatic rings. The van der Waals surface area contributed by atoms with Crippen molar-refractivity contribution in [3.05, 3.63) is 65.2 Å². The Morgan fingerprint density at radius 3 is 2.90 bits per heavy atom. The largest absolute Gasteiger partial charge is 0.390 e. The van der Waals surface area contributed by atoms with Crippen molar-refractivity contribution in [1.29, 1.82) is 0 Å². The van der Waals surface area contributed by atoms with Gasteiger partial charge in [0.1, 0.15) is 0 Å². The number of hydrogen-bond donors (Lipinski definition) is 3. The number of fused-ring (bicyclic) bond motifs is 1. The molecule has 0 bridgehead atoms. The smallest absolute Gasteiger partial charge is 0.251 e. The Morgan fingerprint density at radius 1 is 1.23 bits per heavy atom. The molecule has 0 spiro atoms. The van der Waals surface area contributed by atoms with Crippen LogP contribution in [0.1, 0.15) is 34.8 Å². The van der Waals surface area contributed by atoms with Crippen molar-refractivity contribution in [1.82, 2.24) is 10.2 Å². The molecule has 31 heavy (non-hydrogen) atoms. The number of benzene rings is 2. The van der Waals surface area contributed by atoms with E-state index in [0.29, 0.717) is 24.1 Å². The summed E-state index contributed by atoms with van der Waals surface area (Å²) in [6, 6.07) is 16.4. The van der Waals surface area contributed by atoms with Gasteiger partial charge < -0.3 is 20.5 Å². The lowest BCUT2D eigenvalue weighted by molar-refractivity contribution is 0.0537. The second-order valence-corrected chi connectivity index (χ2v) is 8.79. The van der Waals surface area contributed by atoms with Gasteiger partial charge in [-0.15, -0.1) is 0 Å². The van der Waals surface area contributed by atoms with Gasteiger partial charge in [0.25, 0.3) is 5.91 Å². The summed E-state index contributed by atoms with van der Waals surface area (Å²) >= 11 is 0. The molecule has 1 fully saturated rings. The standard InChI is InChI=1S/C25H33N3O3/c1-18-17-31-12-10-24(18)27-22-8-4-7-20(13-22)25(30)26-14-23(29)16-28-11-9-19-5-2-3-6-21(19)15-28/h2-8,13,18,23-24,27,29H,9-12,14-17H2,1H3,(H,26,30)/t18-,23?,24?/m1/s1. The summed E-state index contributed by atoms with van der Waals surface area (Å²) in [6.45, 7) is 6.28. The fourth-order valence-electron chi connectivity index (χ4n) is 4.44. The van der Waals surface area contributed by atoms with E-state index in [9.17, 15) is 9.90 Å². The number of aliphatic hydroxyl groups excluding tert-OH is 1. The van der Waals surface area contributed by atoms with Crippen LogP contribution in [0.3, 0.4) is 0 Å². The Kier molecular flexibility index (Phi) is 7.22. The van der Waals surface area contributed by atoms with E-state index in [4.69, 9.17) is 4.74 Å². The van der Waals surface area contributed by atoms with Crippen LogP contribution in [0.2, 0.25) is 0 Å².